The summed E-state index contributed by atoms with van der Waals surface area (Å²) in [4.78, 5) is 0.263. The van der Waals surface area contributed by atoms with Gasteiger partial charge in [0.15, 0.2) is 0 Å². The van der Waals surface area contributed by atoms with Gasteiger partial charge >= 0.3 is 0 Å². The molecule has 0 unspecified atom stereocenters. The highest BCUT2D eigenvalue weighted by molar-refractivity contribution is 7.89. The molecule has 0 bridgehead atoms. The van der Waals surface area contributed by atoms with Crippen LogP contribution in [0.5, 0.6) is 0 Å². The second kappa shape index (κ2) is 5.77. The van der Waals surface area contributed by atoms with Crippen molar-refractivity contribution in [3.63, 3.8) is 0 Å². The number of hydrogen-bond acceptors (Lipinski definition) is 3. The maximum absolute atomic E-state index is 12.7. The van der Waals surface area contributed by atoms with E-state index >= 15 is 0 Å². The Morgan fingerprint density at radius 1 is 1.24 bits per heavy atom. The number of sulfonamides is 1. The van der Waals surface area contributed by atoms with E-state index in [1.807, 2.05) is 13.0 Å². The first-order valence-electron chi connectivity index (χ1n) is 7.23. The normalized spacial score (nSPS) is 18.4. The van der Waals surface area contributed by atoms with Crippen LogP contribution in [-0.2, 0) is 10.0 Å². The van der Waals surface area contributed by atoms with Crippen molar-refractivity contribution < 1.29 is 8.42 Å². The van der Waals surface area contributed by atoms with Crippen LogP contribution in [0.2, 0.25) is 0 Å². The van der Waals surface area contributed by atoms with E-state index in [1.165, 1.54) is 0 Å². The lowest BCUT2D eigenvalue weighted by Gasteiger charge is -2.36. The number of hydrogen-bond donors (Lipinski definition) is 3. The highest BCUT2D eigenvalue weighted by Gasteiger charge is 2.39. The fourth-order valence-corrected chi connectivity index (χ4v) is 4.66. The minimum Gasteiger partial charge on any atom is -0.386 e. The Morgan fingerprint density at radius 2 is 1.86 bits per heavy atom. The van der Waals surface area contributed by atoms with Crippen molar-refractivity contribution in [3.8, 4) is 0 Å². The van der Waals surface area contributed by atoms with Gasteiger partial charge in [-0.3, -0.25) is 5.41 Å². The van der Waals surface area contributed by atoms with Crippen molar-refractivity contribution in [3.05, 3.63) is 29.3 Å². The summed E-state index contributed by atoms with van der Waals surface area (Å²) >= 11 is 0. The summed E-state index contributed by atoms with van der Waals surface area (Å²) in [5, 5.41) is 7.82. The van der Waals surface area contributed by atoms with E-state index in [0.717, 1.165) is 24.8 Å². The molecule has 1 saturated carbocycles. The summed E-state index contributed by atoms with van der Waals surface area (Å²) < 4.78 is 28.1. The first-order chi connectivity index (χ1) is 9.77. The summed E-state index contributed by atoms with van der Waals surface area (Å²) in [7, 11) is -3.68. The predicted molar refractivity (Wildman–Crippen MR) is 84.0 cm³/mol. The molecule has 0 spiro atoms. The zero-order valence-corrected chi connectivity index (χ0v) is 13.4. The largest absolute Gasteiger partial charge is 0.386 e. The van der Waals surface area contributed by atoms with E-state index in [2.05, 4.69) is 4.72 Å². The van der Waals surface area contributed by atoms with Crippen LogP contribution in [0.4, 0.5) is 0 Å². The minimum absolute atomic E-state index is 0.0875. The summed E-state index contributed by atoms with van der Waals surface area (Å²) in [6.45, 7) is 3.71. The molecule has 21 heavy (non-hydrogen) atoms. The Bertz CT molecular complexity index is 647. The van der Waals surface area contributed by atoms with Crippen LogP contribution in [-0.4, -0.2) is 19.8 Å². The lowest BCUT2D eigenvalue weighted by Crippen LogP contribution is -2.58. The maximum Gasteiger partial charge on any atom is 0.241 e. The van der Waals surface area contributed by atoms with Crippen LogP contribution in [0.1, 0.15) is 43.2 Å². The van der Waals surface area contributed by atoms with Gasteiger partial charge in [-0.15, -0.1) is 0 Å². The molecule has 1 fully saturated rings. The minimum atomic E-state index is -3.68. The van der Waals surface area contributed by atoms with Gasteiger partial charge in [0.2, 0.25) is 10.0 Å². The van der Waals surface area contributed by atoms with Crippen molar-refractivity contribution in [1.29, 1.82) is 5.41 Å². The monoisotopic (exact) mass is 309 g/mol. The molecule has 0 aromatic heterocycles. The SMILES string of the molecule is Cc1ccc(S(=O)(=O)NC2(C(=N)N)CCCCC2)c(C)c1. The molecule has 0 aliphatic heterocycles. The molecule has 0 radical (unpaired) electrons. The van der Waals surface area contributed by atoms with Gasteiger partial charge in [0.05, 0.1) is 10.4 Å². The summed E-state index contributed by atoms with van der Waals surface area (Å²) in [5.74, 6) is -0.0875. The number of nitrogens with two attached hydrogens (primary N) is 1. The maximum atomic E-state index is 12.7. The molecule has 0 atom stereocenters. The van der Waals surface area contributed by atoms with Crippen molar-refractivity contribution in [1.82, 2.24) is 4.72 Å². The second-order valence-electron chi connectivity index (χ2n) is 5.93. The topological polar surface area (TPSA) is 96.0 Å². The third-order valence-corrected chi connectivity index (χ3v) is 5.87. The van der Waals surface area contributed by atoms with Crippen molar-refractivity contribution in [2.24, 2.45) is 5.73 Å². The second-order valence-corrected chi connectivity index (χ2v) is 7.58. The zero-order valence-electron chi connectivity index (χ0n) is 12.6. The van der Waals surface area contributed by atoms with Crippen molar-refractivity contribution in [2.45, 2.75) is 56.4 Å². The number of aryl methyl sites for hydroxylation is 2. The molecule has 2 rings (SSSR count). The van der Waals surface area contributed by atoms with Crippen LogP contribution < -0.4 is 10.5 Å². The quantitative estimate of drug-likeness (QED) is 0.587. The molecular formula is C15H23N3O2S. The average Bonchev–Trinajstić information content (AvgIpc) is 2.38. The predicted octanol–water partition coefficient (Wildman–Crippen LogP) is 2.22. The van der Waals surface area contributed by atoms with Gasteiger partial charge in [-0.25, -0.2) is 8.42 Å². The Balaban J connectivity index is 2.37. The first kappa shape index (κ1) is 16.0. The van der Waals surface area contributed by atoms with Gasteiger partial charge in [0.25, 0.3) is 0 Å². The van der Waals surface area contributed by atoms with Crippen LogP contribution in [0.15, 0.2) is 23.1 Å². The third-order valence-electron chi connectivity index (χ3n) is 4.17. The first-order valence-corrected chi connectivity index (χ1v) is 8.71. The number of amidine groups is 1. The lowest BCUT2D eigenvalue weighted by molar-refractivity contribution is 0.348. The Hall–Kier alpha value is -1.40. The van der Waals surface area contributed by atoms with Gasteiger partial charge in [-0.1, -0.05) is 37.0 Å². The summed E-state index contributed by atoms with van der Waals surface area (Å²) in [5.41, 5.74) is 6.51. The van der Waals surface area contributed by atoms with Crippen molar-refractivity contribution in [2.75, 3.05) is 0 Å². The highest BCUT2D eigenvalue weighted by Crippen LogP contribution is 2.30. The molecule has 6 heteroatoms. The Labute approximate surface area is 126 Å². The molecule has 0 saturated heterocycles. The van der Waals surface area contributed by atoms with E-state index in [4.69, 9.17) is 11.1 Å². The van der Waals surface area contributed by atoms with Gasteiger partial charge in [0.1, 0.15) is 5.84 Å². The smallest absolute Gasteiger partial charge is 0.241 e. The molecule has 4 N–H and O–H groups in total. The van der Waals surface area contributed by atoms with Crippen LogP contribution >= 0.6 is 0 Å². The molecule has 0 amide bonds. The molecule has 1 aromatic rings. The molecule has 0 heterocycles. The Kier molecular flexibility index (Phi) is 4.39. The average molecular weight is 309 g/mol. The summed E-state index contributed by atoms with van der Waals surface area (Å²) in [6.07, 6.45) is 4.00. The summed E-state index contributed by atoms with van der Waals surface area (Å²) in [6, 6.07) is 5.24. The van der Waals surface area contributed by atoms with E-state index in [9.17, 15) is 8.42 Å². The zero-order chi connectivity index (χ0) is 15.7. The van der Waals surface area contributed by atoms with Crippen LogP contribution in [0.25, 0.3) is 0 Å². The highest BCUT2D eigenvalue weighted by atomic mass is 32.2. The van der Waals surface area contributed by atoms with Gasteiger partial charge < -0.3 is 5.73 Å². The molecule has 116 valence electrons. The van der Waals surface area contributed by atoms with E-state index in [1.54, 1.807) is 19.1 Å². The fraction of sp³-hybridized carbons (Fsp3) is 0.533. The number of benzene rings is 1. The van der Waals surface area contributed by atoms with Crippen LogP contribution in [0.3, 0.4) is 0 Å². The molecule has 1 aromatic carbocycles. The Morgan fingerprint density at radius 3 is 2.38 bits per heavy atom. The van der Waals surface area contributed by atoms with Gasteiger partial charge in [-0.2, -0.15) is 4.72 Å². The number of rotatable bonds is 4. The van der Waals surface area contributed by atoms with E-state index in [-0.39, 0.29) is 10.7 Å². The van der Waals surface area contributed by atoms with Gasteiger partial charge in [-0.05, 0) is 38.3 Å². The van der Waals surface area contributed by atoms with E-state index < -0.39 is 15.6 Å². The molecule has 1 aliphatic rings. The molecule has 5 nitrogen and oxygen atoms in total. The van der Waals surface area contributed by atoms with Crippen LogP contribution in [0, 0.1) is 19.3 Å². The number of nitrogens with one attached hydrogen (secondary N) is 2. The molecule has 1 aliphatic carbocycles. The lowest BCUT2D eigenvalue weighted by atomic mass is 9.82. The third kappa shape index (κ3) is 3.27. The van der Waals surface area contributed by atoms with E-state index in [0.29, 0.717) is 18.4 Å². The standard InChI is InChI=1S/C15H23N3O2S/c1-11-6-7-13(12(2)10-11)21(19,20)18-15(14(16)17)8-4-3-5-9-15/h6-7,10,18H,3-5,8-9H2,1-2H3,(H3,16,17). The van der Waals surface area contributed by atoms with Gasteiger partial charge in [0, 0.05) is 0 Å². The van der Waals surface area contributed by atoms with Crippen molar-refractivity contribution >= 4 is 15.9 Å². The fourth-order valence-electron chi connectivity index (χ4n) is 2.99. The molecular weight excluding hydrogens is 286 g/mol.